The molecule has 0 unspecified atom stereocenters. The maximum atomic E-state index is 5.39. The van der Waals surface area contributed by atoms with Crippen molar-refractivity contribution in [3.05, 3.63) is 72.2 Å². The highest BCUT2D eigenvalue weighted by Crippen LogP contribution is 2.32. The topological polar surface area (TPSA) is 44.2 Å². The van der Waals surface area contributed by atoms with Gasteiger partial charge in [0.15, 0.2) is 11.5 Å². The van der Waals surface area contributed by atoms with Crippen LogP contribution >= 0.6 is 0 Å². The fraction of sp³-hybridized carbons (Fsp3) is 0.0909. The Morgan fingerprint density at radius 3 is 2.38 bits per heavy atom. The molecule has 0 atom stereocenters. The number of fused-ring (bicyclic) bond motifs is 2. The molecule has 0 fully saturated rings. The first-order chi connectivity index (χ1) is 12.8. The van der Waals surface area contributed by atoms with Gasteiger partial charge in [-0.25, -0.2) is 9.97 Å². The van der Waals surface area contributed by atoms with Crippen LogP contribution in [0.1, 0.15) is 11.3 Å². The average molecular weight is 340 g/mol. The average Bonchev–Trinajstić information content (AvgIpc) is 2.71. The molecule has 4 aromatic rings. The second kappa shape index (κ2) is 6.73. The van der Waals surface area contributed by atoms with E-state index in [1.54, 1.807) is 14.2 Å². The summed E-state index contributed by atoms with van der Waals surface area (Å²) in [6.45, 7) is 0. The first-order valence-corrected chi connectivity index (χ1v) is 8.16. The summed E-state index contributed by atoms with van der Waals surface area (Å²) in [6.07, 6.45) is 1.52. The zero-order valence-electron chi connectivity index (χ0n) is 14.5. The predicted octanol–water partition coefficient (Wildman–Crippen LogP) is 4.20. The number of hydrogen-bond acceptors (Lipinski definition) is 4. The monoisotopic (exact) mass is 340 g/mol. The van der Waals surface area contributed by atoms with E-state index in [0.717, 1.165) is 21.9 Å². The van der Waals surface area contributed by atoms with E-state index in [9.17, 15) is 0 Å². The molecule has 4 rings (SSSR count). The van der Waals surface area contributed by atoms with Crippen LogP contribution in [0.2, 0.25) is 0 Å². The lowest BCUT2D eigenvalue weighted by atomic mass is 10.0. The van der Waals surface area contributed by atoms with E-state index in [1.807, 2.05) is 36.4 Å². The molecule has 1 heterocycles. The largest absolute Gasteiger partial charge is 0.493 e. The van der Waals surface area contributed by atoms with Crippen molar-refractivity contribution >= 4 is 21.7 Å². The molecular weight excluding hydrogens is 324 g/mol. The van der Waals surface area contributed by atoms with Gasteiger partial charge in [-0.05, 0) is 28.8 Å². The number of ether oxygens (including phenoxy) is 2. The van der Waals surface area contributed by atoms with Gasteiger partial charge < -0.3 is 9.47 Å². The Bertz CT molecular complexity index is 1170. The minimum Gasteiger partial charge on any atom is -0.493 e. The normalized spacial score (nSPS) is 10.4. The summed E-state index contributed by atoms with van der Waals surface area (Å²) < 4.78 is 10.7. The molecular formula is C22H16N2O2. The lowest BCUT2D eigenvalue weighted by Gasteiger charge is -2.09. The van der Waals surface area contributed by atoms with Crippen molar-refractivity contribution in [1.82, 2.24) is 9.97 Å². The van der Waals surface area contributed by atoms with E-state index < -0.39 is 0 Å². The molecule has 0 aliphatic rings. The summed E-state index contributed by atoms with van der Waals surface area (Å²) in [6, 6.07) is 18.0. The van der Waals surface area contributed by atoms with Crippen LogP contribution in [0.4, 0.5) is 0 Å². The summed E-state index contributed by atoms with van der Waals surface area (Å²) in [5.74, 6) is 7.70. The molecule has 0 N–H and O–H groups in total. The summed E-state index contributed by atoms with van der Waals surface area (Å²) in [4.78, 5) is 8.67. The molecule has 0 aliphatic carbocycles. The second-order valence-electron chi connectivity index (χ2n) is 5.72. The van der Waals surface area contributed by atoms with Crippen molar-refractivity contribution in [3.8, 4) is 23.3 Å². The fourth-order valence-electron chi connectivity index (χ4n) is 2.94. The maximum absolute atomic E-state index is 5.39. The van der Waals surface area contributed by atoms with Crippen LogP contribution in [0.3, 0.4) is 0 Å². The standard InChI is InChI=1S/C22H16N2O2/c1-25-21-12-18-19(23-14-24-20(18)13-22(21)26-2)11-10-16-8-5-7-15-6-3-4-9-17(15)16/h3-9,12-14H,1-2H3. The SMILES string of the molecule is COc1cc2ncnc(C#Cc3cccc4ccccc34)c2cc1OC. The number of rotatable bonds is 2. The Morgan fingerprint density at radius 2 is 1.54 bits per heavy atom. The van der Waals surface area contributed by atoms with Gasteiger partial charge in [-0.2, -0.15) is 0 Å². The second-order valence-corrected chi connectivity index (χ2v) is 5.72. The zero-order chi connectivity index (χ0) is 17.9. The Kier molecular flexibility index (Phi) is 4.12. The van der Waals surface area contributed by atoms with Gasteiger partial charge in [0.25, 0.3) is 0 Å². The van der Waals surface area contributed by atoms with Crippen LogP contribution in [0.5, 0.6) is 11.5 Å². The van der Waals surface area contributed by atoms with Gasteiger partial charge in [0, 0.05) is 17.0 Å². The first kappa shape index (κ1) is 15.9. The highest BCUT2D eigenvalue weighted by atomic mass is 16.5. The molecule has 0 saturated heterocycles. The van der Waals surface area contributed by atoms with Crippen LogP contribution in [0.15, 0.2) is 60.9 Å². The van der Waals surface area contributed by atoms with E-state index in [1.165, 1.54) is 11.7 Å². The molecule has 4 heteroatoms. The highest BCUT2D eigenvalue weighted by Gasteiger charge is 2.09. The molecule has 0 aliphatic heterocycles. The van der Waals surface area contributed by atoms with Crippen LogP contribution in [0, 0.1) is 11.8 Å². The van der Waals surface area contributed by atoms with Gasteiger partial charge in [-0.1, -0.05) is 42.3 Å². The van der Waals surface area contributed by atoms with Crippen LogP contribution in [-0.2, 0) is 0 Å². The van der Waals surface area contributed by atoms with Gasteiger partial charge in [0.2, 0.25) is 0 Å². The minimum absolute atomic E-state index is 0.628. The number of hydrogen-bond donors (Lipinski definition) is 0. The minimum atomic E-state index is 0.628. The quantitative estimate of drug-likeness (QED) is 0.513. The van der Waals surface area contributed by atoms with Gasteiger partial charge in [0.05, 0.1) is 19.7 Å². The summed E-state index contributed by atoms with van der Waals surface area (Å²) >= 11 is 0. The third-order valence-electron chi connectivity index (χ3n) is 4.25. The molecule has 126 valence electrons. The van der Waals surface area contributed by atoms with E-state index in [2.05, 4.69) is 40.0 Å². The maximum Gasteiger partial charge on any atom is 0.162 e. The third kappa shape index (κ3) is 2.80. The summed E-state index contributed by atoms with van der Waals surface area (Å²) in [7, 11) is 3.21. The van der Waals surface area contributed by atoms with Gasteiger partial charge >= 0.3 is 0 Å². The number of aromatic nitrogens is 2. The summed E-state index contributed by atoms with van der Waals surface area (Å²) in [5.41, 5.74) is 2.39. The Balaban J connectivity index is 1.87. The highest BCUT2D eigenvalue weighted by molar-refractivity contribution is 5.89. The van der Waals surface area contributed by atoms with Gasteiger partial charge in [-0.15, -0.1) is 0 Å². The number of benzene rings is 3. The van der Waals surface area contributed by atoms with E-state index in [0.29, 0.717) is 17.2 Å². The fourth-order valence-corrected chi connectivity index (χ4v) is 2.94. The van der Waals surface area contributed by atoms with Crippen molar-refractivity contribution < 1.29 is 9.47 Å². The smallest absolute Gasteiger partial charge is 0.162 e. The third-order valence-corrected chi connectivity index (χ3v) is 4.25. The van der Waals surface area contributed by atoms with Crippen molar-refractivity contribution in [2.45, 2.75) is 0 Å². The van der Waals surface area contributed by atoms with E-state index in [4.69, 9.17) is 9.47 Å². The molecule has 26 heavy (non-hydrogen) atoms. The molecule has 3 aromatic carbocycles. The lowest BCUT2D eigenvalue weighted by molar-refractivity contribution is 0.356. The Hall–Kier alpha value is -3.58. The molecule has 4 nitrogen and oxygen atoms in total. The Morgan fingerprint density at radius 1 is 0.769 bits per heavy atom. The molecule has 1 aromatic heterocycles. The summed E-state index contributed by atoms with van der Waals surface area (Å²) in [5, 5.41) is 3.12. The predicted molar refractivity (Wildman–Crippen MR) is 103 cm³/mol. The van der Waals surface area contributed by atoms with E-state index >= 15 is 0 Å². The molecule has 0 radical (unpaired) electrons. The van der Waals surface area contributed by atoms with Crippen LogP contribution < -0.4 is 9.47 Å². The van der Waals surface area contributed by atoms with Crippen LogP contribution in [0.25, 0.3) is 21.7 Å². The van der Waals surface area contributed by atoms with Gasteiger partial charge in [0.1, 0.15) is 12.0 Å². The number of methoxy groups -OCH3 is 2. The van der Waals surface area contributed by atoms with Crippen LogP contribution in [-0.4, -0.2) is 24.2 Å². The Labute approximate surface area is 151 Å². The molecule has 0 amide bonds. The molecule has 0 spiro atoms. The lowest BCUT2D eigenvalue weighted by Crippen LogP contribution is -1.94. The number of nitrogens with zero attached hydrogens (tertiary/aromatic N) is 2. The van der Waals surface area contributed by atoms with Crippen molar-refractivity contribution in [2.24, 2.45) is 0 Å². The zero-order valence-corrected chi connectivity index (χ0v) is 14.5. The van der Waals surface area contributed by atoms with E-state index in [-0.39, 0.29) is 0 Å². The molecule has 0 bridgehead atoms. The van der Waals surface area contributed by atoms with Crippen molar-refractivity contribution in [3.63, 3.8) is 0 Å². The van der Waals surface area contributed by atoms with Crippen molar-refractivity contribution in [2.75, 3.05) is 14.2 Å². The van der Waals surface area contributed by atoms with Gasteiger partial charge in [-0.3, -0.25) is 0 Å². The molecule has 0 saturated carbocycles. The van der Waals surface area contributed by atoms with Crippen molar-refractivity contribution in [1.29, 1.82) is 0 Å². The first-order valence-electron chi connectivity index (χ1n) is 8.16.